The van der Waals surface area contributed by atoms with Crippen LogP contribution in [0.15, 0.2) is 0 Å². The summed E-state index contributed by atoms with van der Waals surface area (Å²) in [5.74, 6) is 0. The van der Waals surface area contributed by atoms with E-state index >= 15 is 0 Å². The van der Waals surface area contributed by atoms with Crippen LogP contribution in [0.4, 0.5) is 0 Å². The molecule has 1 aliphatic rings. The van der Waals surface area contributed by atoms with Crippen LogP contribution in [0.3, 0.4) is 0 Å². The average Bonchev–Trinajstić information content (AvgIpc) is 1.90. The summed E-state index contributed by atoms with van der Waals surface area (Å²) in [5, 5.41) is 9.78. The zero-order chi connectivity index (χ0) is 5.82. The van der Waals surface area contributed by atoms with Gasteiger partial charge in [0.15, 0.2) is 0 Å². The molecule has 2 heteroatoms. The predicted molar refractivity (Wildman–Crippen MR) is 28.6 cm³/mol. The van der Waals surface area contributed by atoms with E-state index in [4.69, 9.17) is 0 Å². The molecule has 2 nitrogen and oxygen atoms in total. The largest absolute Gasteiger partial charge is 0.200 e. The van der Waals surface area contributed by atoms with Crippen molar-refractivity contribution in [1.82, 2.24) is 0 Å². The fourth-order valence-electron chi connectivity index (χ4n) is 1.16. The molecule has 1 rings (SSSR count). The van der Waals surface area contributed by atoms with Crippen LogP contribution in [0, 0.1) is 0 Å². The minimum atomic E-state index is 0.0312. The maximum absolute atomic E-state index is 9.78. The van der Waals surface area contributed by atoms with Gasteiger partial charge in [0.2, 0.25) is 0 Å². The van der Waals surface area contributed by atoms with Gasteiger partial charge < -0.3 is 0 Å². The Morgan fingerprint density at radius 1 is 1.12 bits per heavy atom. The summed E-state index contributed by atoms with van der Waals surface area (Å²) >= 11 is 0. The molecule has 0 saturated heterocycles. The first-order valence-electron chi connectivity index (χ1n) is 3.22. The second-order valence-corrected chi connectivity index (χ2v) is 2.36. The third-order valence-electron chi connectivity index (χ3n) is 1.69. The van der Waals surface area contributed by atoms with Crippen molar-refractivity contribution in [3.8, 4) is 0 Å². The van der Waals surface area contributed by atoms with Gasteiger partial charge in [-0.2, -0.15) is 0 Å². The summed E-state index contributed by atoms with van der Waals surface area (Å²) in [4.78, 5) is 3.94. The zero-order valence-electron chi connectivity index (χ0n) is 4.93. The first kappa shape index (κ1) is 6.05. The second kappa shape index (κ2) is 3.05. The van der Waals surface area contributed by atoms with E-state index in [2.05, 4.69) is 4.89 Å². The first-order chi connectivity index (χ1) is 3.93. The highest BCUT2D eigenvalue weighted by atomic mass is 17.1. The molecule has 0 N–H and O–H groups in total. The number of hydrogen-bond donors (Lipinski definition) is 0. The Hall–Kier alpha value is -0.0800. The van der Waals surface area contributed by atoms with E-state index in [-0.39, 0.29) is 6.10 Å². The third-order valence-corrected chi connectivity index (χ3v) is 1.69. The molecular formula is C6H11O2. The minimum absolute atomic E-state index is 0.0312. The molecule has 0 bridgehead atoms. The van der Waals surface area contributed by atoms with E-state index in [9.17, 15) is 5.26 Å². The van der Waals surface area contributed by atoms with Crippen LogP contribution in [0.25, 0.3) is 0 Å². The molecule has 0 heterocycles. The lowest BCUT2D eigenvalue weighted by molar-refractivity contribution is -0.339. The Bertz CT molecular complexity index is 57.5. The molecular weight excluding hydrogens is 104 g/mol. The Morgan fingerprint density at radius 2 is 1.75 bits per heavy atom. The molecule has 0 aromatic carbocycles. The SMILES string of the molecule is [O]OC1CCCCC1. The maximum atomic E-state index is 9.78. The fraction of sp³-hybridized carbons (Fsp3) is 1.00. The van der Waals surface area contributed by atoms with Crippen molar-refractivity contribution in [3.63, 3.8) is 0 Å². The van der Waals surface area contributed by atoms with Gasteiger partial charge in [-0.1, -0.05) is 19.3 Å². The van der Waals surface area contributed by atoms with Crippen molar-refractivity contribution in [2.75, 3.05) is 0 Å². The van der Waals surface area contributed by atoms with Gasteiger partial charge in [0.25, 0.3) is 0 Å². The molecule has 0 unspecified atom stereocenters. The summed E-state index contributed by atoms with van der Waals surface area (Å²) in [5.41, 5.74) is 0. The molecule has 1 saturated carbocycles. The Balaban J connectivity index is 2.13. The van der Waals surface area contributed by atoms with Crippen LogP contribution < -0.4 is 0 Å². The highest BCUT2D eigenvalue weighted by molar-refractivity contribution is 4.62. The molecule has 0 aromatic rings. The van der Waals surface area contributed by atoms with Gasteiger partial charge >= 0.3 is 0 Å². The van der Waals surface area contributed by atoms with Gasteiger partial charge in [0, 0.05) is 0 Å². The lowest BCUT2D eigenvalue weighted by Crippen LogP contribution is -2.13. The average molecular weight is 115 g/mol. The van der Waals surface area contributed by atoms with Gasteiger partial charge in [-0.25, -0.2) is 4.89 Å². The quantitative estimate of drug-likeness (QED) is 0.377. The van der Waals surface area contributed by atoms with Crippen LogP contribution in [0.1, 0.15) is 32.1 Å². The molecule has 0 aliphatic heterocycles. The van der Waals surface area contributed by atoms with Crippen LogP contribution >= 0.6 is 0 Å². The minimum Gasteiger partial charge on any atom is -0.200 e. The summed E-state index contributed by atoms with van der Waals surface area (Å²) in [6, 6.07) is 0. The monoisotopic (exact) mass is 115 g/mol. The second-order valence-electron chi connectivity index (χ2n) is 2.36. The zero-order valence-corrected chi connectivity index (χ0v) is 4.93. The number of hydrogen-bond acceptors (Lipinski definition) is 1. The molecule has 1 fully saturated rings. The fourth-order valence-corrected chi connectivity index (χ4v) is 1.16. The summed E-state index contributed by atoms with van der Waals surface area (Å²) in [7, 11) is 0. The van der Waals surface area contributed by atoms with Gasteiger partial charge in [-0.05, 0) is 18.1 Å². The van der Waals surface area contributed by atoms with Crippen LogP contribution in [-0.4, -0.2) is 6.10 Å². The highest BCUT2D eigenvalue weighted by Crippen LogP contribution is 2.19. The van der Waals surface area contributed by atoms with Crippen molar-refractivity contribution in [3.05, 3.63) is 0 Å². The Morgan fingerprint density at radius 3 is 2.12 bits per heavy atom. The topological polar surface area (TPSA) is 29.1 Å². The lowest BCUT2D eigenvalue weighted by atomic mass is 9.98. The molecule has 1 aliphatic carbocycles. The molecule has 0 aromatic heterocycles. The molecule has 0 atom stereocenters. The van der Waals surface area contributed by atoms with Gasteiger partial charge in [-0.3, -0.25) is 0 Å². The van der Waals surface area contributed by atoms with Crippen molar-refractivity contribution in [2.24, 2.45) is 0 Å². The Kier molecular flexibility index (Phi) is 2.30. The van der Waals surface area contributed by atoms with E-state index in [0.29, 0.717) is 0 Å². The van der Waals surface area contributed by atoms with Gasteiger partial charge in [0.05, 0.1) is 6.10 Å². The van der Waals surface area contributed by atoms with Crippen molar-refractivity contribution in [1.29, 1.82) is 0 Å². The van der Waals surface area contributed by atoms with E-state index < -0.39 is 0 Å². The maximum Gasteiger partial charge on any atom is 0.0962 e. The first-order valence-corrected chi connectivity index (χ1v) is 3.22. The molecule has 8 heavy (non-hydrogen) atoms. The van der Waals surface area contributed by atoms with Gasteiger partial charge in [0.1, 0.15) is 0 Å². The lowest BCUT2D eigenvalue weighted by Gasteiger charge is -2.16. The Labute approximate surface area is 49.4 Å². The summed E-state index contributed by atoms with van der Waals surface area (Å²) in [6.45, 7) is 0. The smallest absolute Gasteiger partial charge is 0.0962 e. The van der Waals surface area contributed by atoms with Crippen LogP contribution in [0.2, 0.25) is 0 Å². The van der Waals surface area contributed by atoms with Crippen LogP contribution in [-0.2, 0) is 10.1 Å². The van der Waals surface area contributed by atoms with E-state index in [1.165, 1.54) is 19.3 Å². The highest BCUT2D eigenvalue weighted by Gasteiger charge is 2.13. The molecule has 47 valence electrons. The molecule has 1 radical (unpaired) electrons. The van der Waals surface area contributed by atoms with E-state index in [0.717, 1.165) is 12.8 Å². The summed E-state index contributed by atoms with van der Waals surface area (Å²) in [6.07, 6.45) is 5.61. The number of rotatable bonds is 1. The van der Waals surface area contributed by atoms with Crippen molar-refractivity contribution < 1.29 is 10.1 Å². The molecule has 0 spiro atoms. The summed E-state index contributed by atoms with van der Waals surface area (Å²) < 4.78 is 0. The normalized spacial score (nSPS) is 23.6. The van der Waals surface area contributed by atoms with E-state index in [1.807, 2.05) is 0 Å². The van der Waals surface area contributed by atoms with Crippen LogP contribution in [0.5, 0.6) is 0 Å². The van der Waals surface area contributed by atoms with Gasteiger partial charge in [-0.15, -0.1) is 0 Å². The standard InChI is InChI=1S/C6H11O2/c7-8-6-4-2-1-3-5-6/h6H,1-5H2. The van der Waals surface area contributed by atoms with E-state index in [1.54, 1.807) is 0 Å². The predicted octanol–water partition coefficient (Wildman–Crippen LogP) is 1.68. The van der Waals surface area contributed by atoms with Crippen molar-refractivity contribution >= 4 is 0 Å². The molecule has 0 amide bonds. The van der Waals surface area contributed by atoms with Crippen molar-refractivity contribution in [2.45, 2.75) is 38.2 Å². The third kappa shape index (κ3) is 1.46.